The van der Waals surface area contributed by atoms with Gasteiger partial charge in [0.25, 0.3) is 0 Å². The van der Waals surface area contributed by atoms with Crippen molar-refractivity contribution in [3.63, 3.8) is 0 Å². The summed E-state index contributed by atoms with van der Waals surface area (Å²) in [6.45, 7) is 0. The normalized spacial score (nSPS) is 12.0. The van der Waals surface area contributed by atoms with Crippen LogP contribution in [0.5, 0.6) is 0 Å². The Morgan fingerprint density at radius 3 is 1.60 bits per heavy atom. The smallest absolute Gasteiger partial charge is 0.00201 e. The van der Waals surface area contributed by atoms with Gasteiger partial charge >= 0.3 is 0 Å². The van der Waals surface area contributed by atoms with Crippen LogP contribution < -0.4 is 0 Å². The Morgan fingerprint density at radius 2 is 0.760 bits per heavy atom. The summed E-state index contributed by atoms with van der Waals surface area (Å²) in [5, 5.41) is 18.0. The van der Waals surface area contributed by atoms with Crippen LogP contribution in [0.1, 0.15) is 0 Å². The maximum atomic E-state index is 2.45. The first kappa shape index (κ1) is 27.5. The van der Waals surface area contributed by atoms with Crippen molar-refractivity contribution in [2.75, 3.05) is 0 Å². The van der Waals surface area contributed by atoms with Crippen molar-refractivity contribution in [2.45, 2.75) is 0 Å². The minimum absolute atomic E-state index is 1.23. The zero-order valence-corrected chi connectivity index (χ0v) is 27.3. The molecule has 11 aromatic rings. The van der Waals surface area contributed by atoms with Crippen molar-refractivity contribution >= 4 is 75.4 Å². The Labute approximate surface area is 289 Å². The number of hydrogen-bond donors (Lipinski definition) is 0. The van der Waals surface area contributed by atoms with Crippen molar-refractivity contribution in [3.8, 4) is 33.4 Å². The van der Waals surface area contributed by atoms with Crippen LogP contribution in [0.25, 0.3) is 109 Å². The van der Waals surface area contributed by atoms with Crippen molar-refractivity contribution in [3.05, 3.63) is 182 Å². The Bertz CT molecular complexity index is 3120. The molecule has 0 amide bonds. The maximum absolute atomic E-state index is 2.45. The lowest BCUT2D eigenvalue weighted by Crippen LogP contribution is -1.93. The van der Waals surface area contributed by atoms with E-state index in [4.69, 9.17) is 0 Å². The maximum Gasteiger partial charge on any atom is -0.00201 e. The van der Waals surface area contributed by atoms with Crippen molar-refractivity contribution in [2.24, 2.45) is 0 Å². The van der Waals surface area contributed by atoms with E-state index in [2.05, 4.69) is 182 Å². The van der Waals surface area contributed by atoms with Crippen LogP contribution in [-0.4, -0.2) is 0 Å². The molecule has 0 fully saturated rings. The largest absolute Gasteiger partial charge is 0.0616 e. The molecule has 0 unspecified atom stereocenters. The molecular formula is C50H30. The Balaban J connectivity index is 1.30. The summed E-state index contributed by atoms with van der Waals surface area (Å²) in [5.74, 6) is 0. The molecule has 0 aliphatic heterocycles. The average Bonchev–Trinajstić information content (AvgIpc) is 3.18. The molecule has 0 bridgehead atoms. The first-order valence-corrected chi connectivity index (χ1v) is 17.4. The standard InChI is InChI=1S/C50H30/c1-2-11-36-29-38(22-19-31(36)9-1)48-41-16-5-6-17-42(41)50(44-27-24-35-21-20-33-13-7-14-34-23-26-43(44)49(35)47(33)34)45-28-25-37(30-46(45)48)40-18-8-12-32-10-3-4-15-39(32)40/h1-30H. The molecule has 0 heterocycles. The Hall–Kier alpha value is -6.50. The van der Waals surface area contributed by atoms with Gasteiger partial charge in [-0.15, -0.1) is 0 Å². The van der Waals surface area contributed by atoms with Gasteiger partial charge in [0.05, 0.1) is 0 Å². The third kappa shape index (κ3) is 3.94. The highest BCUT2D eigenvalue weighted by molar-refractivity contribution is 6.29. The van der Waals surface area contributed by atoms with E-state index >= 15 is 0 Å². The van der Waals surface area contributed by atoms with E-state index in [0.717, 1.165) is 0 Å². The SMILES string of the molecule is c1ccc2cc(-c3c4ccccc4c(-c4ccc5ccc6cccc7ccc4c5c67)c4ccc(-c5cccc6ccccc56)cc34)ccc2c1. The quantitative estimate of drug-likeness (QED) is 0.135. The summed E-state index contributed by atoms with van der Waals surface area (Å²) in [6, 6.07) is 67.8. The van der Waals surface area contributed by atoms with Crippen molar-refractivity contribution in [1.82, 2.24) is 0 Å². The van der Waals surface area contributed by atoms with E-state index < -0.39 is 0 Å². The van der Waals surface area contributed by atoms with Crippen LogP contribution in [0.3, 0.4) is 0 Å². The fourth-order valence-corrected chi connectivity index (χ4v) is 8.72. The van der Waals surface area contributed by atoms with Gasteiger partial charge in [0.2, 0.25) is 0 Å². The minimum Gasteiger partial charge on any atom is -0.0616 e. The van der Waals surface area contributed by atoms with Crippen LogP contribution in [0.15, 0.2) is 182 Å². The van der Waals surface area contributed by atoms with Gasteiger partial charge in [-0.3, -0.25) is 0 Å². The van der Waals surface area contributed by atoms with Gasteiger partial charge in [0.1, 0.15) is 0 Å². The number of rotatable bonds is 3. The Kier molecular flexibility index (Phi) is 5.76. The molecular weight excluding hydrogens is 601 g/mol. The topological polar surface area (TPSA) is 0 Å². The van der Waals surface area contributed by atoms with E-state index in [-0.39, 0.29) is 0 Å². The Morgan fingerprint density at radius 1 is 0.220 bits per heavy atom. The third-order valence-electron chi connectivity index (χ3n) is 11.0. The first-order chi connectivity index (χ1) is 24.8. The molecule has 0 radical (unpaired) electrons. The predicted octanol–water partition coefficient (Wildman–Crippen LogP) is 14.2. The molecule has 0 aromatic heterocycles. The number of benzene rings is 11. The molecule has 0 saturated carbocycles. The molecule has 0 N–H and O–H groups in total. The van der Waals surface area contributed by atoms with Gasteiger partial charge in [-0.05, 0) is 121 Å². The summed E-state index contributed by atoms with van der Waals surface area (Å²) in [7, 11) is 0. The first-order valence-electron chi connectivity index (χ1n) is 17.4. The summed E-state index contributed by atoms with van der Waals surface area (Å²) in [4.78, 5) is 0. The van der Waals surface area contributed by atoms with Crippen LogP contribution in [0.4, 0.5) is 0 Å². The minimum atomic E-state index is 1.23. The van der Waals surface area contributed by atoms with Gasteiger partial charge < -0.3 is 0 Å². The predicted molar refractivity (Wildman–Crippen MR) is 216 cm³/mol. The molecule has 11 rings (SSSR count). The molecule has 0 atom stereocenters. The monoisotopic (exact) mass is 630 g/mol. The molecule has 50 heavy (non-hydrogen) atoms. The summed E-state index contributed by atoms with van der Waals surface area (Å²) in [5.41, 5.74) is 7.58. The zero-order chi connectivity index (χ0) is 32.8. The summed E-state index contributed by atoms with van der Waals surface area (Å²) < 4.78 is 0. The van der Waals surface area contributed by atoms with Crippen molar-refractivity contribution in [1.29, 1.82) is 0 Å². The van der Waals surface area contributed by atoms with Gasteiger partial charge in [0, 0.05) is 0 Å². The molecule has 0 aliphatic rings. The van der Waals surface area contributed by atoms with E-state index in [1.165, 1.54) is 109 Å². The van der Waals surface area contributed by atoms with E-state index in [9.17, 15) is 0 Å². The lowest BCUT2D eigenvalue weighted by Gasteiger charge is -2.21. The van der Waals surface area contributed by atoms with Crippen LogP contribution >= 0.6 is 0 Å². The second kappa shape index (κ2) is 10.5. The molecule has 0 heteroatoms. The van der Waals surface area contributed by atoms with E-state index in [1.54, 1.807) is 0 Å². The van der Waals surface area contributed by atoms with Crippen molar-refractivity contribution < 1.29 is 0 Å². The highest BCUT2D eigenvalue weighted by Crippen LogP contribution is 2.48. The fourth-order valence-electron chi connectivity index (χ4n) is 8.72. The summed E-state index contributed by atoms with van der Waals surface area (Å²) >= 11 is 0. The molecule has 0 saturated heterocycles. The van der Waals surface area contributed by atoms with Crippen LogP contribution in [0, 0.1) is 0 Å². The molecule has 0 aliphatic carbocycles. The second-order valence-electron chi connectivity index (χ2n) is 13.6. The highest BCUT2D eigenvalue weighted by Gasteiger charge is 2.21. The molecule has 230 valence electrons. The van der Waals surface area contributed by atoms with Gasteiger partial charge in [-0.2, -0.15) is 0 Å². The lowest BCUT2D eigenvalue weighted by molar-refractivity contribution is 1.66. The summed E-state index contributed by atoms with van der Waals surface area (Å²) in [6.07, 6.45) is 0. The van der Waals surface area contributed by atoms with E-state index in [0.29, 0.717) is 0 Å². The lowest BCUT2D eigenvalue weighted by atomic mass is 9.82. The fraction of sp³-hybridized carbons (Fsp3) is 0. The third-order valence-corrected chi connectivity index (χ3v) is 11.0. The highest BCUT2D eigenvalue weighted by atomic mass is 14.2. The van der Waals surface area contributed by atoms with E-state index in [1.807, 2.05) is 0 Å². The van der Waals surface area contributed by atoms with Crippen LogP contribution in [0.2, 0.25) is 0 Å². The van der Waals surface area contributed by atoms with Gasteiger partial charge in [-0.1, -0.05) is 170 Å². The molecule has 0 spiro atoms. The second-order valence-corrected chi connectivity index (χ2v) is 13.6. The molecule has 0 nitrogen and oxygen atoms in total. The number of fused-ring (bicyclic) bond motifs is 4. The number of hydrogen-bond acceptors (Lipinski definition) is 0. The zero-order valence-electron chi connectivity index (χ0n) is 27.3. The van der Waals surface area contributed by atoms with Crippen LogP contribution in [-0.2, 0) is 0 Å². The average molecular weight is 631 g/mol. The van der Waals surface area contributed by atoms with Gasteiger partial charge in [-0.25, -0.2) is 0 Å². The van der Waals surface area contributed by atoms with Gasteiger partial charge in [0.15, 0.2) is 0 Å². The molecule has 11 aromatic carbocycles.